The lowest BCUT2D eigenvalue weighted by atomic mass is 9.90. The molecule has 0 bridgehead atoms. The van der Waals surface area contributed by atoms with Gasteiger partial charge < -0.3 is 51.9 Å². The molecule has 272 valence electrons. The molecule has 1 saturated heterocycles. The quantitative estimate of drug-likeness (QED) is 0.104. The van der Waals surface area contributed by atoms with Gasteiger partial charge in [-0.2, -0.15) is 0 Å². The van der Waals surface area contributed by atoms with E-state index in [0.717, 1.165) is 12.0 Å². The number of hydrogen-bond donors (Lipinski definition) is 9. The number of aromatic nitrogens is 3. The summed E-state index contributed by atoms with van der Waals surface area (Å²) in [5.74, 6) is -1.62. The average Bonchev–Trinajstić information content (AvgIpc) is 3.54. The predicted octanol–water partition coefficient (Wildman–Crippen LogP) is -0.482. The summed E-state index contributed by atoms with van der Waals surface area (Å²) in [6, 6.07) is 10.5. The lowest BCUT2D eigenvalue weighted by Crippen LogP contribution is -2.53. The molecule has 3 amide bonds. The van der Waals surface area contributed by atoms with E-state index in [1.807, 2.05) is 38.1 Å². The van der Waals surface area contributed by atoms with Crippen LogP contribution in [0.5, 0.6) is 11.5 Å². The number of piperidine rings is 1. The van der Waals surface area contributed by atoms with Gasteiger partial charge in [0.1, 0.15) is 23.7 Å². The first kappa shape index (κ1) is 38.2. The summed E-state index contributed by atoms with van der Waals surface area (Å²) in [6.07, 6.45) is -5.27. The fourth-order valence-electron chi connectivity index (χ4n) is 5.91. The molecule has 1 fully saturated rings. The summed E-state index contributed by atoms with van der Waals surface area (Å²) >= 11 is 0. The van der Waals surface area contributed by atoms with E-state index in [1.54, 1.807) is 22.5 Å². The SMILES string of the molecule is CCNC(=O)c1nnc(-c2cc(C(C)C)c(O)cc2O)n1-c1ccc(CC2CCN(C(=O)CNC(=O)[C@H](O)[C@@H](O)[C@H](O)[C@H](O)CN)CC2)cc1. The minimum atomic E-state index is -2.06. The molecule has 0 spiro atoms. The number of phenols is 2. The van der Waals surface area contributed by atoms with Gasteiger partial charge in [0, 0.05) is 37.9 Å². The number of amides is 3. The molecule has 4 rings (SSSR count). The van der Waals surface area contributed by atoms with E-state index < -0.39 is 42.8 Å². The Hall–Kier alpha value is -4.61. The van der Waals surface area contributed by atoms with E-state index in [-0.39, 0.29) is 47.4 Å². The number of nitrogens with one attached hydrogen (secondary N) is 2. The van der Waals surface area contributed by atoms with Gasteiger partial charge in [-0.05, 0) is 67.3 Å². The number of nitrogens with zero attached hydrogens (tertiary/aromatic N) is 4. The van der Waals surface area contributed by atoms with E-state index >= 15 is 0 Å². The van der Waals surface area contributed by atoms with Crippen molar-refractivity contribution in [2.24, 2.45) is 11.7 Å². The highest BCUT2D eigenvalue weighted by molar-refractivity contribution is 5.92. The van der Waals surface area contributed by atoms with Crippen LogP contribution in [0.3, 0.4) is 0 Å². The molecule has 0 saturated carbocycles. The molecule has 10 N–H and O–H groups in total. The monoisotopic (exact) mass is 697 g/mol. The Morgan fingerprint density at radius 2 is 1.60 bits per heavy atom. The first-order valence-electron chi connectivity index (χ1n) is 16.6. The summed E-state index contributed by atoms with van der Waals surface area (Å²) in [5, 5.41) is 73.8. The van der Waals surface area contributed by atoms with Crippen molar-refractivity contribution in [1.82, 2.24) is 30.3 Å². The number of aromatic hydroxyl groups is 2. The van der Waals surface area contributed by atoms with Crippen molar-refractivity contribution in [3.05, 3.63) is 53.3 Å². The second kappa shape index (κ2) is 16.9. The van der Waals surface area contributed by atoms with E-state index in [4.69, 9.17) is 5.73 Å². The van der Waals surface area contributed by atoms with E-state index in [2.05, 4.69) is 20.8 Å². The molecule has 0 aliphatic carbocycles. The Morgan fingerprint density at radius 3 is 2.20 bits per heavy atom. The molecule has 3 aromatic rings. The maximum absolute atomic E-state index is 13.0. The summed E-state index contributed by atoms with van der Waals surface area (Å²) in [4.78, 5) is 39.5. The summed E-state index contributed by atoms with van der Waals surface area (Å²) in [7, 11) is 0. The molecular formula is C34H47N7O9. The van der Waals surface area contributed by atoms with Crippen molar-refractivity contribution < 1.29 is 45.0 Å². The molecule has 0 unspecified atom stereocenters. The van der Waals surface area contributed by atoms with Gasteiger partial charge in [0.15, 0.2) is 11.9 Å². The second-order valence-corrected chi connectivity index (χ2v) is 12.8. The smallest absolute Gasteiger partial charge is 0.289 e. The second-order valence-electron chi connectivity index (χ2n) is 12.8. The van der Waals surface area contributed by atoms with Gasteiger partial charge in [-0.25, -0.2) is 0 Å². The Morgan fingerprint density at radius 1 is 0.940 bits per heavy atom. The zero-order valence-corrected chi connectivity index (χ0v) is 28.4. The van der Waals surface area contributed by atoms with Crippen LogP contribution in [-0.4, -0.2) is 125 Å². The Labute approximate surface area is 289 Å². The first-order chi connectivity index (χ1) is 23.8. The highest BCUT2D eigenvalue weighted by Crippen LogP contribution is 2.38. The zero-order chi connectivity index (χ0) is 36.7. The third-order valence-electron chi connectivity index (χ3n) is 8.89. The predicted molar refractivity (Wildman–Crippen MR) is 181 cm³/mol. The third kappa shape index (κ3) is 8.75. The molecule has 1 aliphatic heterocycles. The number of phenolic OH excluding ortho intramolecular Hbond substituents is 2. The van der Waals surface area contributed by atoms with E-state index in [1.165, 1.54) is 6.07 Å². The molecule has 0 radical (unpaired) electrons. The van der Waals surface area contributed by atoms with Gasteiger partial charge in [-0.1, -0.05) is 26.0 Å². The Kier molecular flexibility index (Phi) is 12.9. The summed E-state index contributed by atoms with van der Waals surface area (Å²) in [6.45, 7) is 6.11. The Bertz CT molecular complexity index is 1640. The molecule has 4 atom stereocenters. The number of carbonyl (C=O) groups is 3. The summed E-state index contributed by atoms with van der Waals surface area (Å²) < 4.78 is 1.57. The zero-order valence-electron chi connectivity index (χ0n) is 28.4. The summed E-state index contributed by atoms with van der Waals surface area (Å²) in [5.41, 5.74) is 7.77. The maximum atomic E-state index is 13.0. The van der Waals surface area contributed by atoms with Crippen molar-refractivity contribution in [2.45, 2.75) is 70.4 Å². The standard InChI is InChI=1S/C34H47N7O9/c1-4-36-34(50)32-39-38-31(23-14-22(18(2)3)24(42)15-25(23)43)41(32)21-7-5-19(6-8-21)13-20-9-11-40(12-10-20)27(45)17-37-33(49)30(48)29(47)28(46)26(44)16-35/h5-8,14-15,18,20,26,28-30,42-44,46-48H,4,9-13,16-17,35H2,1-3H3,(H,36,50)(H,37,49)/t26-,28-,29+,30-/m1/s1. The molecule has 2 aromatic carbocycles. The number of hydrogen-bond acceptors (Lipinski definition) is 12. The van der Waals surface area contributed by atoms with E-state index in [9.17, 15) is 45.0 Å². The number of nitrogens with two attached hydrogens (primary N) is 1. The van der Waals surface area contributed by atoms with Crippen molar-refractivity contribution in [1.29, 1.82) is 0 Å². The largest absolute Gasteiger partial charge is 0.508 e. The maximum Gasteiger partial charge on any atom is 0.289 e. The molecule has 50 heavy (non-hydrogen) atoms. The Balaban J connectivity index is 1.40. The topological polar surface area (TPSA) is 257 Å². The van der Waals surface area contributed by atoms with Crippen LogP contribution in [0.4, 0.5) is 0 Å². The number of rotatable bonds is 14. The van der Waals surface area contributed by atoms with Gasteiger partial charge in [-0.3, -0.25) is 19.0 Å². The fourth-order valence-corrected chi connectivity index (χ4v) is 5.91. The molecule has 1 aromatic heterocycles. The van der Waals surface area contributed by atoms with Crippen LogP contribution < -0.4 is 16.4 Å². The van der Waals surface area contributed by atoms with E-state index in [0.29, 0.717) is 49.3 Å². The van der Waals surface area contributed by atoms with Crippen molar-refractivity contribution in [3.63, 3.8) is 0 Å². The number of benzene rings is 2. The van der Waals surface area contributed by atoms with Crippen LogP contribution in [0.2, 0.25) is 0 Å². The lowest BCUT2D eigenvalue weighted by Gasteiger charge is -2.32. The van der Waals surface area contributed by atoms with Gasteiger partial charge >= 0.3 is 0 Å². The number of carbonyl (C=O) groups excluding carboxylic acids is 3. The third-order valence-corrected chi connectivity index (χ3v) is 8.89. The average molecular weight is 698 g/mol. The molecule has 1 aliphatic rings. The molecule has 16 nitrogen and oxygen atoms in total. The molecule has 16 heteroatoms. The number of aliphatic hydroxyl groups is 4. The fraction of sp³-hybridized carbons (Fsp3) is 0.500. The minimum absolute atomic E-state index is 0.0371. The first-order valence-corrected chi connectivity index (χ1v) is 16.6. The van der Waals surface area contributed by atoms with Crippen molar-refractivity contribution >= 4 is 17.7 Å². The van der Waals surface area contributed by atoms with Crippen LogP contribution >= 0.6 is 0 Å². The highest BCUT2D eigenvalue weighted by Gasteiger charge is 2.34. The normalized spacial score (nSPS) is 16.1. The van der Waals surface area contributed by atoms with Crippen molar-refractivity contribution in [3.8, 4) is 28.6 Å². The minimum Gasteiger partial charge on any atom is -0.508 e. The van der Waals surface area contributed by atoms with Gasteiger partial charge in [-0.15, -0.1) is 10.2 Å². The highest BCUT2D eigenvalue weighted by atomic mass is 16.4. The van der Waals surface area contributed by atoms with Crippen LogP contribution in [0.15, 0.2) is 36.4 Å². The number of aliphatic hydroxyl groups excluding tert-OH is 4. The molecule has 2 heterocycles. The lowest BCUT2D eigenvalue weighted by molar-refractivity contribution is -0.148. The van der Waals surface area contributed by atoms with Crippen LogP contribution in [0.25, 0.3) is 17.1 Å². The van der Waals surface area contributed by atoms with Crippen molar-refractivity contribution in [2.75, 3.05) is 32.7 Å². The number of likely N-dealkylation sites (tertiary alicyclic amines) is 1. The van der Waals surface area contributed by atoms with Crippen LogP contribution in [0, 0.1) is 5.92 Å². The van der Waals surface area contributed by atoms with Gasteiger partial charge in [0.25, 0.3) is 11.8 Å². The van der Waals surface area contributed by atoms with Crippen LogP contribution in [-0.2, 0) is 16.0 Å². The van der Waals surface area contributed by atoms with Gasteiger partial charge in [0.2, 0.25) is 11.7 Å². The molecular weight excluding hydrogens is 650 g/mol. The van der Waals surface area contributed by atoms with Crippen LogP contribution in [0.1, 0.15) is 61.3 Å². The van der Waals surface area contributed by atoms with Gasteiger partial charge in [0.05, 0.1) is 18.2 Å².